The fourth-order valence-corrected chi connectivity index (χ4v) is 4.78. The van der Waals surface area contributed by atoms with Crippen molar-refractivity contribution in [1.29, 1.82) is 0 Å². The van der Waals surface area contributed by atoms with Crippen LogP contribution in [0.2, 0.25) is 0 Å². The second kappa shape index (κ2) is 10.3. The van der Waals surface area contributed by atoms with Gasteiger partial charge in [0, 0.05) is 23.1 Å². The first-order valence-corrected chi connectivity index (χ1v) is 12.7. The number of hydrogen-bond donors (Lipinski definition) is 1. The number of amides is 1. The van der Waals surface area contributed by atoms with E-state index in [1.54, 1.807) is 0 Å². The van der Waals surface area contributed by atoms with Crippen molar-refractivity contribution >= 4 is 45.7 Å². The third-order valence-electron chi connectivity index (χ3n) is 5.49. The summed E-state index contributed by atoms with van der Waals surface area (Å²) in [7, 11) is 0. The number of nitrogens with zero attached hydrogens (tertiary/aromatic N) is 3. The lowest BCUT2D eigenvalue weighted by atomic mass is 10.1. The molecule has 1 aliphatic rings. The number of fused-ring (bicyclic) bond motifs is 1. The molecule has 0 saturated carbocycles. The fourth-order valence-electron chi connectivity index (χ4n) is 4.04. The highest BCUT2D eigenvalue weighted by molar-refractivity contribution is 14.1. The maximum atomic E-state index is 12.8. The summed E-state index contributed by atoms with van der Waals surface area (Å²) in [5.41, 5.74) is 8.93. The molecule has 1 atom stereocenters. The molecule has 2 heterocycles. The number of imidazole rings is 1. The normalized spacial score (nSPS) is 17.6. The van der Waals surface area contributed by atoms with Gasteiger partial charge in [-0.25, -0.2) is 9.78 Å². The lowest BCUT2D eigenvalue weighted by Gasteiger charge is -2.29. The van der Waals surface area contributed by atoms with E-state index in [9.17, 15) is 4.79 Å². The molecule has 0 bridgehead atoms. The third kappa shape index (κ3) is 5.75. The maximum absolute atomic E-state index is 12.8. The number of carbonyl (C=O) groups excluding carboxylic acids is 1. The van der Waals surface area contributed by atoms with Crippen molar-refractivity contribution in [2.75, 3.05) is 25.4 Å². The molecule has 7 nitrogen and oxygen atoms in total. The zero-order valence-electron chi connectivity index (χ0n) is 19.1. The Morgan fingerprint density at radius 1 is 1.32 bits per heavy atom. The molecule has 31 heavy (non-hydrogen) atoms. The van der Waals surface area contributed by atoms with Crippen molar-refractivity contribution in [2.24, 2.45) is 0 Å². The Labute approximate surface area is 198 Å². The molecule has 0 unspecified atom stereocenters. The molecule has 172 valence electrons. The van der Waals surface area contributed by atoms with Gasteiger partial charge in [0.1, 0.15) is 11.4 Å². The zero-order chi connectivity index (χ0) is 22.6. The summed E-state index contributed by atoms with van der Waals surface area (Å²) in [5, 5.41) is 0. The monoisotopic (exact) mass is 542 g/mol. The number of carbonyl (C=O) groups is 1. The number of unbranched alkanes of at least 4 members (excludes halogenated alkanes) is 1. The van der Waals surface area contributed by atoms with Crippen LogP contribution in [0.3, 0.4) is 0 Å². The maximum Gasteiger partial charge on any atom is 0.410 e. The summed E-state index contributed by atoms with van der Waals surface area (Å²) >= 11 is 2.38. The minimum absolute atomic E-state index is 0.0487. The minimum Gasteiger partial charge on any atom is -0.493 e. The number of alkyl halides is 1. The molecule has 1 aromatic carbocycles. The highest BCUT2D eigenvalue weighted by Gasteiger charge is 2.29. The van der Waals surface area contributed by atoms with E-state index in [0.717, 1.165) is 58.9 Å². The lowest BCUT2D eigenvalue weighted by Crippen LogP contribution is -2.39. The van der Waals surface area contributed by atoms with E-state index < -0.39 is 5.60 Å². The second-order valence-corrected chi connectivity index (χ2v) is 9.92. The molecule has 1 aromatic heterocycles. The summed E-state index contributed by atoms with van der Waals surface area (Å²) in [5.74, 6) is 1.39. The van der Waals surface area contributed by atoms with Crippen LogP contribution in [0.15, 0.2) is 12.1 Å². The first kappa shape index (κ1) is 23.9. The van der Waals surface area contributed by atoms with E-state index in [2.05, 4.69) is 39.1 Å². The number of hydrogen-bond acceptors (Lipinski definition) is 5. The number of ether oxygens (including phenoxy) is 2. The number of aromatic nitrogens is 2. The van der Waals surface area contributed by atoms with Crippen molar-refractivity contribution in [3.63, 3.8) is 0 Å². The molecular formula is C23H35IN4O3. The highest BCUT2D eigenvalue weighted by atomic mass is 127. The van der Waals surface area contributed by atoms with Gasteiger partial charge >= 0.3 is 6.09 Å². The summed E-state index contributed by atoms with van der Waals surface area (Å²) in [6.07, 6.45) is 4.77. The average Bonchev–Trinajstić information content (AvgIpc) is 2.87. The first-order valence-electron chi connectivity index (χ1n) is 11.2. The van der Waals surface area contributed by atoms with Crippen LogP contribution in [0.25, 0.3) is 11.0 Å². The first-order chi connectivity index (χ1) is 14.7. The molecule has 1 aliphatic heterocycles. The standard InChI is InChI=1S/C23H35IN4O3/c1-5-6-13-30-19-11-10-18-20(17(19)14-24)28(21(25)26-18)16-9-7-8-12-27(15-16)22(29)31-23(2,3)4/h10-11,16H,5-9,12-15H2,1-4H3,(H2,25,26)/t16-/m1/s1. The van der Waals surface area contributed by atoms with Gasteiger partial charge in [0.2, 0.25) is 5.95 Å². The van der Waals surface area contributed by atoms with Gasteiger partial charge in [-0.05, 0) is 58.6 Å². The van der Waals surface area contributed by atoms with E-state index in [0.29, 0.717) is 25.6 Å². The van der Waals surface area contributed by atoms with Crippen molar-refractivity contribution in [2.45, 2.75) is 75.9 Å². The largest absolute Gasteiger partial charge is 0.493 e. The number of halogens is 1. The quantitative estimate of drug-likeness (QED) is 0.288. The van der Waals surface area contributed by atoms with Gasteiger partial charge in [0.25, 0.3) is 0 Å². The number of anilines is 1. The molecular weight excluding hydrogens is 507 g/mol. The predicted octanol–water partition coefficient (Wildman–Crippen LogP) is 5.69. The van der Waals surface area contributed by atoms with Crippen LogP contribution in [-0.2, 0) is 9.16 Å². The Morgan fingerprint density at radius 2 is 2.10 bits per heavy atom. The van der Waals surface area contributed by atoms with E-state index in [-0.39, 0.29) is 12.1 Å². The van der Waals surface area contributed by atoms with Crippen molar-refractivity contribution in [1.82, 2.24) is 14.5 Å². The van der Waals surface area contributed by atoms with Crippen LogP contribution in [0.4, 0.5) is 10.7 Å². The number of nitrogen functional groups attached to an aromatic ring is 1. The number of nitrogens with two attached hydrogens (primary N) is 1. The van der Waals surface area contributed by atoms with Crippen molar-refractivity contribution in [3.8, 4) is 5.75 Å². The molecule has 1 amide bonds. The van der Waals surface area contributed by atoms with Crippen LogP contribution in [-0.4, -0.2) is 45.8 Å². The Hall–Kier alpha value is -1.71. The molecule has 2 N–H and O–H groups in total. The summed E-state index contributed by atoms with van der Waals surface area (Å²) in [6, 6.07) is 4.04. The summed E-state index contributed by atoms with van der Waals surface area (Å²) in [6.45, 7) is 9.81. The SMILES string of the molecule is CCCCOc1ccc2nc(N)n([C@@H]3CCCCN(C(=O)OC(C)(C)C)C3)c2c1CI. The molecule has 3 rings (SSSR count). The van der Waals surface area contributed by atoms with Gasteiger partial charge in [-0.2, -0.15) is 0 Å². The Morgan fingerprint density at radius 3 is 2.77 bits per heavy atom. The number of likely N-dealkylation sites (tertiary alicyclic amines) is 1. The van der Waals surface area contributed by atoms with Crippen molar-refractivity contribution < 1.29 is 14.3 Å². The highest BCUT2D eigenvalue weighted by Crippen LogP contribution is 2.36. The van der Waals surface area contributed by atoms with Crippen LogP contribution in [0.5, 0.6) is 5.75 Å². The van der Waals surface area contributed by atoms with Gasteiger partial charge in [-0.3, -0.25) is 0 Å². The molecule has 0 aliphatic carbocycles. The average molecular weight is 542 g/mol. The number of benzene rings is 1. The van der Waals surface area contributed by atoms with Crippen LogP contribution >= 0.6 is 22.6 Å². The number of rotatable bonds is 6. The Balaban J connectivity index is 1.97. The van der Waals surface area contributed by atoms with Crippen LogP contribution < -0.4 is 10.5 Å². The summed E-state index contributed by atoms with van der Waals surface area (Å²) in [4.78, 5) is 19.2. The minimum atomic E-state index is -0.515. The molecule has 8 heteroatoms. The van der Waals surface area contributed by atoms with Crippen LogP contribution in [0.1, 0.15) is 71.4 Å². The van der Waals surface area contributed by atoms with Gasteiger partial charge in [0.05, 0.1) is 23.7 Å². The Kier molecular flexibility index (Phi) is 7.93. The third-order valence-corrected chi connectivity index (χ3v) is 6.26. The van der Waals surface area contributed by atoms with Gasteiger partial charge in [0.15, 0.2) is 0 Å². The Bertz CT molecular complexity index is 906. The van der Waals surface area contributed by atoms with Gasteiger partial charge in [-0.1, -0.05) is 35.9 Å². The van der Waals surface area contributed by atoms with Crippen molar-refractivity contribution in [3.05, 3.63) is 17.7 Å². The zero-order valence-corrected chi connectivity index (χ0v) is 21.3. The molecule has 1 fully saturated rings. The smallest absolute Gasteiger partial charge is 0.410 e. The van der Waals surface area contributed by atoms with Gasteiger partial charge < -0.3 is 24.7 Å². The van der Waals surface area contributed by atoms with E-state index in [4.69, 9.17) is 15.2 Å². The molecule has 2 aromatic rings. The summed E-state index contributed by atoms with van der Waals surface area (Å²) < 4.78 is 14.7. The molecule has 0 spiro atoms. The van der Waals surface area contributed by atoms with E-state index in [1.165, 1.54) is 0 Å². The fraction of sp³-hybridized carbons (Fsp3) is 0.652. The molecule has 0 radical (unpaired) electrons. The predicted molar refractivity (Wildman–Crippen MR) is 133 cm³/mol. The van der Waals surface area contributed by atoms with E-state index in [1.807, 2.05) is 37.8 Å². The lowest BCUT2D eigenvalue weighted by molar-refractivity contribution is 0.0238. The molecule has 1 saturated heterocycles. The van der Waals surface area contributed by atoms with E-state index >= 15 is 0 Å². The van der Waals surface area contributed by atoms with Gasteiger partial charge in [-0.15, -0.1) is 0 Å². The second-order valence-electron chi connectivity index (χ2n) is 9.16. The topological polar surface area (TPSA) is 82.6 Å². The van der Waals surface area contributed by atoms with Crippen LogP contribution in [0, 0.1) is 0 Å².